The third kappa shape index (κ3) is 4.01. The van der Waals surface area contributed by atoms with Crippen LogP contribution in [0.25, 0.3) is 0 Å². The molecule has 0 aliphatic carbocycles. The second kappa shape index (κ2) is 7.55. The third-order valence-corrected chi connectivity index (χ3v) is 4.54. The summed E-state index contributed by atoms with van der Waals surface area (Å²) in [5.74, 6) is 0.882. The van der Waals surface area contributed by atoms with Crippen LogP contribution in [-0.4, -0.2) is 57.9 Å². The first-order valence-electron chi connectivity index (χ1n) is 8.47. The predicted octanol–water partition coefficient (Wildman–Crippen LogP) is 1.65. The quantitative estimate of drug-likeness (QED) is 0.807. The molecule has 0 N–H and O–H groups in total. The molecule has 8 nitrogen and oxygen atoms in total. The van der Waals surface area contributed by atoms with Gasteiger partial charge in [0.05, 0.1) is 12.2 Å². The predicted molar refractivity (Wildman–Crippen MR) is 92.6 cm³/mol. The largest absolute Gasteiger partial charge is 0.484 e. The maximum Gasteiger partial charge on any atom is 0.276 e. The van der Waals surface area contributed by atoms with Crippen LogP contribution in [0.2, 0.25) is 0 Å². The van der Waals surface area contributed by atoms with E-state index in [4.69, 9.17) is 9.26 Å². The first-order chi connectivity index (χ1) is 12.4. The molecule has 1 saturated heterocycles. The highest BCUT2D eigenvalue weighted by molar-refractivity contribution is 5.92. The lowest BCUT2D eigenvalue weighted by molar-refractivity contribution is -0.129. The van der Waals surface area contributed by atoms with E-state index < -0.39 is 0 Å². The number of aromatic nitrogens is 2. The van der Waals surface area contributed by atoms with Gasteiger partial charge in [0.1, 0.15) is 12.4 Å². The Kier molecular flexibility index (Phi) is 5.20. The molecule has 138 valence electrons. The van der Waals surface area contributed by atoms with E-state index in [0.29, 0.717) is 24.6 Å². The van der Waals surface area contributed by atoms with Gasteiger partial charge in [-0.2, -0.15) is 0 Å². The first-order valence-corrected chi connectivity index (χ1v) is 8.47. The number of likely N-dealkylation sites (N-methyl/N-ethyl adjacent to an activating group) is 1. The van der Waals surface area contributed by atoms with Gasteiger partial charge in [0.2, 0.25) is 5.91 Å². The van der Waals surface area contributed by atoms with Gasteiger partial charge in [0, 0.05) is 38.8 Å². The summed E-state index contributed by atoms with van der Waals surface area (Å²) in [6, 6.07) is 5.30. The molecule has 2 amide bonds. The Morgan fingerprint density at radius 3 is 2.92 bits per heavy atom. The van der Waals surface area contributed by atoms with Crippen LogP contribution >= 0.6 is 0 Å². The van der Waals surface area contributed by atoms with Gasteiger partial charge in [0.25, 0.3) is 5.91 Å². The van der Waals surface area contributed by atoms with Crippen molar-refractivity contribution in [3.8, 4) is 5.75 Å². The van der Waals surface area contributed by atoms with E-state index in [-0.39, 0.29) is 30.2 Å². The van der Waals surface area contributed by atoms with Crippen molar-refractivity contribution in [2.45, 2.75) is 32.9 Å². The molecule has 2 aromatic rings. The van der Waals surface area contributed by atoms with Crippen molar-refractivity contribution < 1.29 is 18.8 Å². The number of carbonyl (C=O) groups excluding carboxylic acids is 2. The molecule has 0 aromatic carbocycles. The van der Waals surface area contributed by atoms with Crippen molar-refractivity contribution in [1.82, 2.24) is 19.9 Å². The molecular weight excluding hydrogens is 336 g/mol. The van der Waals surface area contributed by atoms with E-state index in [0.717, 1.165) is 12.1 Å². The van der Waals surface area contributed by atoms with Crippen LogP contribution in [0.4, 0.5) is 0 Å². The summed E-state index contributed by atoms with van der Waals surface area (Å²) < 4.78 is 10.8. The Bertz CT molecular complexity index is 787. The molecule has 0 saturated carbocycles. The highest BCUT2D eigenvalue weighted by Crippen LogP contribution is 2.18. The summed E-state index contributed by atoms with van der Waals surface area (Å²) in [4.78, 5) is 31.5. The fraction of sp³-hybridized carbons (Fsp3) is 0.444. The monoisotopic (exact) mass is 358 g/mol. The lowest BCUT2D eigenvalue weighted by Gasteiger charge is -2.23. The number of carbonyl (C=O) groups is 2. The first kappa shape index (κ1) is 17.9. The average molecular weight is 358 g/mol. The van der Waals surface area contributed by atoms with Gasteiger partial charge in [-0.15, -0.1) is 0 Å². The summed E-state index contributed by atoms with van der Waals surface area (Å²) in [5.41, 5.74) is 1.15. The lowest BCUT2D eigenvalue weighted by atomic mass is 10.2. The molecule has 1 aliphatic heterocycles. The van der Waals surface area contributed by atoms with E-state index in [9.17, 15) is 9.59 Å². The standard InChI is InChI=1S/C18H22N4O4/c1-12-4-5-15(9-19-12)25-11-16-8-17(20-26-16)18(24)22-7-6-14(10-22)21(3)13(2)23/h4-5,8-9,14H,6-7,10-11H2,1-3H3/t14-/m0/s1. The summed E-state index contributed by atoms with van der Waals surface area (Å²) in [6.07, 6.45) is 2.39. The Morgan fingerprint density at radius 2 is 2.23 bits per heavy atom. The molecule has 0 radical (unpaired) electrons. The molecule has 3 heterocycles. The van der Waals surface area contributed by atoms with Crippen LogP contribution in [-0.2, 0) is 11.4 Å². The third-order valence-electron chi connectivity index (χ3n) is 4.54. The number of nitrogens with zero attached hydrogens (tertiary/aromatic N) is 4. The fourth-order valence-corrected chi connectivity index (χ4v) is 2.84. The Morgan fingerprint density at radius 1 is 1.42 bits per heavy atom. The zero-order valence-corrected chi connectivity index (χ0v) is 15.1. The second-order valence-electron chi connectivity index (χ2n) is 6.43. The number of hydrogen-bond acceptors (Lipinski definition) is 6. The molecule has 1 fully saturated rings. The number of rotatable bonds is 5. The minimum absolute atomic E-state index is 0.00392. The van der Waals surface area contributed by atoms with E-state index in [2.05, 4.69) is 10.1 Å². The minimum atomic E-state index is -0.198. The van der Waals surface area contributed by atoms with Gasteiger partial charge in [-0.05, 0) is 25.5 Å². The highest BCUT2D eigenvalue weighted by atomic mass is 16.5. The van der Waals surface area contributed by atoms with Crippen LogP contribution in [0.5, 0.6) is 5.75 Å². The van der Waals surface area contributed by atoms with Gasteiger partial charge >= 0.3 is 0 Å². The van der Waals surface area contributed by atoms with Gasteiger partial charge in [0.15, 0.2) is 11.5 Å². The molecular formula is C18H22N4O4. The highest BCUT2D eigenvalue weighted by Gasteiger charge is 2.31. The number of aryl methyl sites for hydroxylation is 1. The molecule has 2 aromatic heterocycles. The van der Waals surface area contributed by atoms with E-state index in [1.165, 1.54) is 6.92 Å². The molecule has 8 heteroatoms. The lowest BCUT2D eigenvalue weighted by Crippen LogP contribution is -2.39. The number of pyridine rings is 1. The summed E-state index contributed by atoms with van der Waals surface area (Å²) in [5, 5.41) is 3.85. The topological polar surface area (TPSA) is 88.8 Å². The second-order valence-corrected chi connectivity index (χ2v) is 6.43. The Balaban J connectivity index is 1.56. The molecule has 3 rings (SSSR count). The van der Waals surface area contributed by atoms with E-state index in [1.54, 1.807) is 29.1 Å². The molecule has 1 aliphatic rings. The fourth-order valence-electron chi connectivity index (χ4n) is 2.84. The Hall–Kier alpha value is -2.90. The van der Waals surface area contributed by atoms with Gasteiger partial charge in [-0.25, -0.2) is 0 Å². The van der Waals surface area contributed by atoms with Crippen LogP contribution in [0.1, 0.15) is 35.3 Å². The normalized spacial score (nSPS) is 16.6. The molecule has 1 atom stereocenters. The molecule has 26 heavy (non-hydrogen) atoms. The van der Waals surface area contributed by atoms with Crippen LogP contribution in [0, 0.1) is 6.92 Å². The average Bonchev–Trinajstić information content (AvgIpc) is 3.29. The summed E-state index contributed by atoms with van der Waals surface area (Å²) in [7, 11) is 1.76. The maximum atomic E-state index is 12.6. The zero-order valence-electron chi connectivity index (χ0n) is 15.1. The zero-order chi connectivity index (χ0) is 18.7. The maximum absolute atomic E-state index is 12.6. The number of amides is 2. The van der Waals surface area contributed by atoms with Crippen molar-refractivity contribution in [3.63, 3.8) is 0 Å². The van der Waals surface area contributed by atoms with Crippen molar-refractivity contribution in [2.75, 3.05) is 20.1 Å². The molecule has 0 spiro atoms. The van der Waals surface area contributed by atoms with Gasteiger partial charge < -0.3 is 19.1 Å². The minimum Gasteiger partial charge on any atom is -0.484 e. The van der Waals surface area contributed by atoms with Crippen molar-refractivity contribution in [1.29, 1.82) is 0 Å². The molecule has 0 unspecified atom stereocenters. The van der Waals surface area contributed by atoms with Crippen molar-refractivity contribution in [3.05, 3.63) is 41.5 Å². The molecule has 0 bridgehead atoms. The van der Waals surface area contributed by atoms with Gasteiger partial charge in [-0.3, -0.25) is 14.6 Å². The van der Waals surface area contributed by atoms with Crippen LogP contribution in [0.3, 0.4) is 0 Å². The van der Waals surface area contributed by atoms with Crippen molar-refractivity contribution >= 4 is 11.8 Å². The number of ether oxygens (including phenoxy) is 1. The van der Waals surface area contributed by atoms with Crippen LogP contribution in [0.15, 0.2) is 28.9 Å². The van der Waals surface area contributed by atoms with Crippen LogP contribution < -0.4 is 4.74 Å². The summed E-state index contributed by atoms with van der Waals surface area (Å²) >= 11 is 0. The number of likely N-dealkylation sites (tertiary alicyclic amines) is 1. The SMILES string of the molecule is CC(=O)N(C)[C@H]1CCN(C(=O)c2cc(COc3ccc(C)nc3)on2)C1. The van der Waals surface area contributed by atoms with Crippen molar-refractivity contribution in [2.24, 2.45) is 0 Å². The smallest absolute Gasteiger partial charge is 0.276 e. The van der Waals surface area contributed by atoms with Gasteiger partial charge in [-0.1, -0.05) is 5.16 Å². The van der Waals surface area contributed by atoms with E-state index in [1.807, 2.05) is 19.1 Å². The summed E-state index contributed by atoms with van der Waals surface area (Å²) in [6.45, 7) is 4.69. The van der Waals surface area contributed by atoms with E-state index >= 15 is 0 Å². The number of hydrogen-bond donors (Lipinski definition) is 0. The Labute approximate surface area is 151 Å².